The molecule has 0 saturated carbocycles. The van der Waals surface area contributed by atoms with Gasteiger partial charge in [0.25, 0.3) is 5.91 Å². The summed E-state index contributed by atoms with van der Waals surface area (Å²) in [6.07, 6.45) is 2.22. The maximum Gasteiger partial charge on any atom is 0.283 e. The third-order valence-electron chi connectivity index (χ3n) is 4.40. The zero-order chi connectivity index (χ0) is 21.3. The summed E-state index contributed by atoms with van der Waals surface area (Å²) in [7, 11) is 4.56. The van der Waals surface area contributed by atoms with Gasteiger partial charge in [0.2, 0.25) is 10.9 Å². The first kappa shape index (κ1) is 20.2. The summed E-state index contributed by atoms with van der Waals surface area (Å²) < 4.78 is 16.0. The lowest BCUT2D eigenvalue weighted by Crippen LogP contribution is -2.35. The van der Waals surface area contributed by atoms with E-state index < -0.39 is 5.91 Å². The molecule has 3 heterocycles. The number of rotatable bonds is 6. The third-order valence-corrected chi connectivity index (χ3v) is 6.18. The number of hydrogen-bond acceptors (Lipinski definition) is 8. The fraction of sp³-hybridized carbons (Fsp3) is 0.200. The van der Waals surface area contributed by atoms with E-state index in [9.17, 15) is 4.79 Å². The van der Waals surface area contributed by atoms with Crippen LogP contribution in [0.3, 0.4) is 0 Å². The van der Waals surface area contributed by atoms with Crippen LogP contribution in [0.2, 0.25) is 0 Å². The van der Waals surface area contributed by atoms with Gasteiger partial charge in [0, 0.05) is 11.3 Å². The van der Waals surface area contributed by atoms with Crippen LogP contribution in [0.15, 0.2) is 45.3 Å². The molecule has 0 saturated heterocycles. The lowest BCUT2D eigenvalue weighted by atomic mass is 10.1. The highest BCUT2D eigenvalue weighted by atomic mass is 32.2. The Morgan fingerprint density at radius 1 is 1.17 bits per heavy atom. The number of methoxy groups -OCH3 is 3. The van der Waals surface area contributed by atoms with Gasteiger partial charge in [-0.15, -0.1) is 11.3 Å². The SMILES string of the molecule is COc1cc(C=C2C(=N)N3N=C(Cc4cccs4)SC3=NC2=O)cc(OC)c1OC. The average molecular weight is 443 g/mol. The van der Waals surface area contributed by atoms with Crippen molar-refractivity contribution in [2.45, 2.75) is 6.42 Å². The fourth-order valence-electron chi connectivity index (χ4n) is 3.02. The predicted molar refractivity (Wildman–Crippen MR) is 119 cm³/mol. The second kappa shape index (κ2) is 8.33. The van der Waals surface area contributed by atoms with Gasteiger partial charge in [-0.05, 0) is 47.0 Å². The summed E-state index contributed by atoms with van der Waals surface area (Å²) in [5.74, 6) is 0.852. The molecule has 1 aromatic carbocycles. The molecule has 1 amide bonds. The van der Waals surface area contributed by atoms with Crippen LogP contribution >= 0.6 is 23.1 Å². The second-order valence-electron chi connectivity index (χ2n) is 6.23. The van der Waals surface area contributed by atoms with Crippen LogP contribution in [-0.2, 0) is 11.2 Å². The Morgan fingerprint density at radius 3 is 2.50 bits per heavy atom. The van der Waals surface area contributed by atoms with Crippen molar-refractivity contribution in [2.24, 2.45) is 10.1 Å². The van der Waals surface area contributed by atoms with Crippen molar-refractivity contribution in [3.63, 3.8) is 0 Å². The van der Waals surface area contributed by atoms with Crippen molar-refractivity contribution in [1.82, 2.24) is 5.01 Å². The van der Waals surface area contributed by atoms with E-state index in [1.807, 2.05) is 17.5 Å². The minimum absolute atomic E-state index is 0.0209. The molecule has 8 nitrogen and oxygen atoms in total. The summed E-state index contributed by atoms with van der Waals surface area (Å²) >= 11 is 2.95. The minimum Gasteiger partial charge on any atom is -0.493 e. The van der Waals surface area contributed by atoms with Crippen LogP contribution in [0.4, 0.5) is 0 Å². The van der Waals surface area contributed by atoms with Crippen LogP contribution in [0, 0.1) is 5.41 Å². The number of nitrogens with zero attached hydrogens (tertiary/aromatic N) is 3. The maximum atomic E-state index is 12.6. The number of hydrazone groups is 1. The summed E-state index contributed by atoms with van der Waals surface area (Å²) in [6, 6.07) is 7.42. The molecule has 0 spiro atoms. The van der Waals surface area contributed by atoms with Crippen LogP contribution in [0.25, 0.3) is 6.08 Å². The molecule has 2 aliphatic heterocycles. The Kier molecular flexibility index (Phi) is 5.60. The molecule has 1 aromatic heterocycles. The number of ether oxygens (including phenoxy) is 3. The lowest BCUT2D eigenvalue weighted by molar-refractivity contribution is -0.114. The predicted octanol–water partition coefficient (Wildman–Crippen LogP) is 3.64. The van der Waals surface area contributed by atoms with E-state index in [4.69, 9.17) is 19.6 Å². The first-order chi connectivity index (χ1) is 14.5. The summed E-state index contributed by atoms with van der Waals surface area (Å²) in [5, 5.41) is 17.6. The molecule has 10 heteroatoms. The summed E-state index contributed by atoms with van der Waals surface area (Å²) in [6.45, 7) is 0. The first-order valence-corrected chi connectivity index (χ1v) is 10.5. The number of amidine groups is 2. The van der Waals surface area contributed by atoms with E-state index in [2.05, 4.69) is 10.1 Å². The highest BCUT2D eigenvalue weighted by Crippen LogP contribution is 2.39. The van der Waals surface area contributed by atoms with Crippen molar-refractivity contribution in [3.05, 3.63) is 45.7 Å². The van der Waals surface area contributed by atoms with E-state index in [0.29, 0.717) is 34.4 Å². The maximum absolute atomic E-state index is 12.6. The number of amides is 1. The Hall–Kier alpha value is -3.11. The van der Waals surface area contributed by atoms with Crippen molar-refractivity contribution < 1.29 is 19.0 Å². The fourth-order valence-corrected chi connectivity index (χ4v) is 4.73. The standard InChI is InChI=1S/C20H18N4O4S2/c1-26-14-8-11(9-15(27-2)17(14)28-3)7-13-18(21)24-20(22-19(13)25)30-16(23-24)10-12-5-4-6-29-12/h4-9,21H,10H2,1-3H3. The Balaban J connectivity index is 1.66. The van der Waals surface area contributed by atoms with E-state index in [0.717, 1.165) is 9.92 Å². The minimum atomic E-state index is -0.486. The smallest absolute Gasteiger partial charge is 0.283 e. The molecule has 2 aliphatic rings. The van der Waals surface area contributed by atoms with E-state index in [1.54, 1.807) is 29.5 Å². The van der Waals surface area contributed by atoms with E-state index in [1.165, 1.54) is 38.1 Å². The zero-order valence-corrected chi connectivity index (χ0v) is 18.1. The van der Waals surface area contributed by atoms with Gasteiger partial charge in [0.05, 0.1) is 26.9 Å². The van der Waals surface area contributed by atoms with Gasteiger partial charge in [-0.3, -0.25) is 10.2 Å². The van der Waals surface area contributed by atoms with Gasteiger partial charge in [-0.2, -0.15) is 15.1 Å². The first-order valence-electron chi connectivity index (χ1n) is 8.85. The van der Waals surface area contributed by atoms with Gasteiger partial charge in [-0.1, -0.05) is 6.07 Å². The molecule has 0 aliphatic carbocycles. The molecule has 4 rings (SSSR count). The van der Waals surface area contributed by atoms with Gasteiger partial charge in [-0.25, -0.2) is 0 Å². The van der Waals surface area contributed by atoms with Crippen LogP contribution in [0.1, 0.15) is 10.4 Å². The van der Waals surface area contributed by atoms with Crippen molar-refractivity contribution in [2.75, 3.05) is 21.3 Å². The van der Waals surface area contributed by atoms with Crippen LogP contribution in [0.5, 0.6) is 17.2 Å². The number of carbonyl (C=O) groups excluding carboxylic acids is 1. The number of thiophene rings is 1. The number of nitrogens with one attached hydrogen (secondary N) is 1. The summed E-state index contributed by atoms with van der Waals surface area (Å²) in [4.78, 5) is 17.9. The van der Waals surface area contributed by atoms with Crippen molar-refractivity contribution in [1.29, 1.82) is 5.41 Å². The van der Waals surface area contributed by atoms with Gasteiger partial charge in [0.15, 0.2) is 17.3 Å². The molecule has 0 radical (unpaired) electrons. The van der Waals surface area contributed by atoms with Gasteiger partial charge >= 0.3 is 0 Å². The number of thioether (sulfide) groups is 1. The zero-order valence-electron chi connectivity index (χ0n) is 16.5. The Labute approximate surface area is 181 Å². The topological polar surface area (TPSA) is 96.6 Å². The van der Waals surface area contributed by atoms with Crippen molar-refractivity contribution in [3.8, 4) is 17.2 Å². The highest BCUT2D eigenvalue weighted by Gasteiger charge is 2.35. The molecule has 2 aromatic rings. The highest BCUT2D eigenvalue weighted by molar-refractivity contribution is 8.27. The van der Waals surface area contributed by atoms with Gasteiger partial charge in [0.1, 0.15) is 5.04 Å². The van der Waals surface area contributed by atoms with E-state index in [-0.39, 0.29) is 11.4 Å². The van der Waals surface area contributed by atoms with Gasteiger partial charge < -0.3 is 14.2 Å². The number of fused-ring (bicyclic) bond motifs is 1. The molecule has 0 unspecified atom stereocenters. The quantitative estimate of drug-likeness (QED) is 0.686. The normalized spacial score (nSPS) is 17.0. The molecule has 0 fully saturated rings. The van der Waals surface area contributed by atoms with Crippen molar-refractivity contribution >= 4 is 51.1 Å². The number of benzene rings is 1. The number of carbonyl (C=O) groups is 1. The Bertz CT molecular complexity index is 1080. The number of aliphatic imine (C=N–C) groups is 1. The number of hydrogen-bond donors (Lipinski definition) is 1. The molecular formula is C20H18N4O4S2. The third kappa shape index (κ3) is 3.71. The molecule has 0 bridgehead atoms. The molecule has 154 valence electrons. The largest absolute Gasteiger partial charge is 0.493 e. The second-order valence-corrected chi connectivity index (χ2v) is 8.30. The van der Waals surface area contributed by atoms with Crippen LogP contribution < -0.4 is 14.2 Å². The molecule has 1 N–H and O–H groups in total. The molecular weight excluding hydrogens is 424 g/mol. The average Bonchev–Trinajstić information content (AvgIpc) is 3.40. The molecule has 0 atom stereocenters. The Morgan fingerprint density at radius 2 is 1.90 bits per heavy atom. The summed E-state index contributed by atoms with van der Waals surface area (Å²) in [5.41, 5.74) is 0.751. The monoisotopic (exact) mass is 442 g/mol. The lowest BCUT2D eigenvalue weighted by Gasteiger charge is -2.20. The van der Waals surface area contributed by atoms with E-state index >= 15 is 0 Å². The molecule has 30 heavy (non-hydrogen) atoms. The van der Waals surface area contributed by atoms with Crippen LogP contribution in [-0.4, -0.2) is 48.3 Å².